The molecule has 0 aliphatic rings. The number of aliphatic hydroxyl groups excluding tert-OH is 1. The van der Waals surface area contributed by atoms with Crippen LogP contribution >= 0.6 is 11.6 Å². The summed E-state index contributed by atoms with van der Waals surface area (Å²) in [7, 11) is 0. The van der Waals surface area contributed by atoms with Gasteiger partial charge in [0.1, 0.15) is 5.82 Å². The third kappa shape index (κ3) is 2.73. The molecule has 1 rings (SSSR count). The van der Waals surface area contributed by atoms with Crippen molar-refractivity contribution < 1.29 is 9.50 Å². The van der Waals surface area contributed by atoms with Gasteiger partial charge in [-0.25, -0.2) is 4.39 Å². The van der Waals surface area contributed by atoms with Crippen molar-refractivity contribution in [2.75, 3.05) is 0 Å². The standard InChI is InChI=1S/C11H10ClFO/c1-2-3-4-11(14)9-7-8(13)5-6-10(9)12/h1,5-7,11,14H,3-4H2. The Morgan fingerprint density at radius 2 is 2.29 bits per heavy atom. The van der Waals surface area contributed by atoms with Gasteiger partial charge in [-0.05, 0) is 24.6 Å². The van der Waals surface area contributed by atoms with Crippen molar-refractivity contribution in [1.29, 1.82) is 0 Å². The first kappa shape index (κ1) is 11.0. The number of aliphatic hydroxyl groups is 1. The summed E-state index contributed by atoms with van der Waals surface area (Å²) >= 11 is 5.79. The van der Waals surface area contributed by atoms with E-state index >= 15 is 0 Å². The van der Waals surface area contributed by atoms with Gasteiger partial charge in [-0.15, -0.1) is 12.3 Å². The van der Waals surface area contributed by atoms with Crippen LogP contribution in [0.25, 0.3) is 0 Å². The molecule has 0 aliphatic heterocycles. The van der Waals surface area contributed by atoms with Crippen molar-refractivity contribution in [3.63, 3.8) is 0 Å². The molecule has 14 heavy (non-hydrogen) atoms. The van der Waals surface area contributed by atoms with Crippen LogP contribution in [-0.4, -0.2) is 5.11 Å². The van der Waals surface area contributed by atoms with Gasteiger partial charge in [0.05, 0.1) is 6.10 Å². The third-order valence-electron chi connectivity index (χ3n) is 1.88. The van der Waals surface area contributed by atoms with E-state index in [2.05, 4.69) is 5.92 Å². The SMILES string of the molecule is C#CCCC(O)c1cc(F)ccc1Cl. The maximum atomic E-state index is 12.8. The minimum Gasteiger partial charge on any atom is -0.388 e. The van der Waals surface area contributed by atoms with Gasteiger partial charge in [-0.1, -0.05) is 11.6 Å². The van der Waals surface area contributed by atoms with Crippen LogP contribution < -0.4 is 0 Å². The molecule has 0 bridgehead atoms. The Morgan fingerprint density at radius 3 is 2.93 bits per heavy atom. The van der Waals surface area contributed by atoms with Gasteiger partial charge in [0.25, 0.3) is 0 Å². The molecular weight excluding hydrogens is 203 g/mol. The minimum atomic E-state index is -0.797. The Hall–Kier alpha value is -1.04. The van der Waals surface area contributed by atoms with Crippen molar-refractivity contribution in [2.24, 2.45) is 0 Å². The van der Waals surface area contributed by atoms with Crippen LogP contribution in [0.1, 0.15) is 24.5 Å². The summed E-state index contributed by atoms with van der Waals surface area (Å²) in [5.74, 6) is 1.99. The second-order valence-corrected chi connectivity index (χ2v) is 3.33. The van der Waals surface area contributed by atoms with E-state index < -0.39 is 11.9 Å². The Balaban J connectivity index is 2.83. The summed E-state index contributed by atoms with van der Waals surface area (Å²) in [4.78, 5) is 0. The molecule has 1 aromatic carbocycles. The normalized spacial score (nSPS) is 12.1. The Morgan fingerprint density at radius 1 is 1.57 bits per heavy atom. The summed E-state index contributed by atoms with van der Waals surface area (Å²) in [6.45, 7) is 0. The molecule has 0 saturated carbocycles. The van der Waals surface area contributed by atoms with E-state index in [0.717, 1.165) is 0 Å². The summed E-state index contributed by atoms with van der Waals surface area (Å²) in [6, 6.07) is 3.90. The molecule has 0 radical (unpaired) electrons. The Labute approximate surface area is 87.5 Å². The number of terminal acetylenes is 1. The zero-order valence-electron chi connectivity index (χ0n) is 7.50. The molecule has 74 valence electrons. The largest absolute Gasteiger partial charge is 0.388 e. The first-order valence-corrected chi connectivity index (χ1v) is 4.59. The van der Waals surface area contributed by atoms with Crippen LogP contribution in [0.3, 0.4) is 0 Å². The maximum absolute atomic E-state index is 12.8. The predicted molar refractivity (Wildman–Crippen MR) is 54.4 cm³/mol. The topological polar surface area (TPSA) is 20.2 Å². The molecule has 1 unspecified atom stereocenters. The lowest BCUT2D eigenvalue weighted by Crippen LogP contribution is -1.98. The summed E-state index contributed by atoms with van der Waals surface area (Å²) in [5, 5.41) is 9.97. The van der Waals surface area contributed by atoms with Crippen molar-refractivity contribution >= 4 is 11.6 Å². The lowest BCUT2D eigenvalue weighted by molar-refractivity contribution is 0.169. The van der Waals surface area contributed by atoms with Gasteiger partial charge in [0.15, 0.2) is 0 Å². The quantitative estimate of drug-likeness (QED) is 0.764. The van der Waals surface area contributed by atoms with E-state index in [1.54, 1.807) is 0 Å². The van der Waals surface area contributed by atoms with Crippen molar-refractivity contribution in [2.45, 2.75) is 18.9 Å². The first-order chi connectivity index (χ1) is 6.65. The van der Waals surface area contributed by atoms with E-state index in [9.17, 15) is 9.50 Å². The molecule has 1 nitrogen and oxygen atoms in total. The number of halogens is 2. The number of hydrogen-bond donors (Lipinski definition) is 1. The summed E-state index contributed by atoms with van der Waals surface area (Å²) in [5.41, 5.74) is 0.391. The lowest BCUT2D eigenvalue weighted by atomic mass is 10.1. The molecule has 1 aromatic rings. The lowest BCUT2D eigenvalue weighted by Gasteiger charge is -2.10. The van der Waals surface area contributed by atoms with Crippen LogP contribution in [0.2, 0.25) is 5.02 Å². The average molecular weight is 213 g/mol. The molecule has 0 spiro atoms. The minimum absolute atomic E-state index is 0.357. The average Bonchev–Trinajstić information content (AvgIpc) is 2.18. The smallest absolute Gasteiger partial charge is 0.123 e. The highest BCUT2D eigenvalue weighted by Gasteiger charge is 2.11. The van der Waals surface area contributed by atoms with E-state index in [4.69, 9.17) is 18.0 Å². The molecule has 0 amide bonds. The van der Waals surface area contributed by atoms with E-state index in [-0.39, 0.29) is 0 Å². The highest BCUT2D eigenvalue weighted by Crippen LogP contribution is 2.26. The molecule has 0 fully saturated rings. The van der Waals surface area contributed by atoms with E-state index in [0.29, 0.717) is 23.4 Å². The molecule has 1 atom stereocenters. The number of benzene rings is 1. The summed E-state index contributed by atoms with van der Waals surface area (Å²) in [6.07, 6.45) is 5.08. The summed E-state index contributed by atoms with van der Waals surface area (Å²) < 4.78 is 12.8. The van der Waals surface area contributed by atoms with Crippen LogP contribution in [0, 0.1) is 18.2 Å². The second-order valence-electron chi connectivity index (χ2n) is 2.92. The third-order valence-corrected chi connectivity index (χ3v) is 2.22. The first-order valence-electron chi connectivity index (χ1n) is 4.21. The van der Waals surface area contributed by atoms with Crippen molar-refractivity contribution in [3.05, 3.63) is 34.6 Å². The van der Waals surface area contributed by atoms with Crippen LogP contribution in [0.15, 0.2) is 18.2 Å². The Bertz CT molecular complexity index is 357. The fourth-order valence-electron chi connectivity index (χ4n) is 1.15. The molecule has 3 heteroatoms. The molecule has 0 aromatic heterocycles. The van der Waals surface area contributed by atoms with Gasteiger partial charge in [-0.3, -0.25) is 0 Å². The zero-order valence-corrected chi connectivity index (χ0v) is 8.26. The van der Waals surface area contributed by atoms with Gasteiger partial charge < -0.3 is 5.11 Å². The molecule has 1 N–H and O–H groups in total. The van der Waals surface area contributed by atoms with Gasteiger partial charge in [0.2, 0.25) is 0 Å². The van der Waals surface area contributed by atoms with E-state index in [1.807, 2.05) is 0 Å². The molecule has 0 aliphatic carbocycles. The van der Waals surface area contributed by atoms with Crippen LogP contribution in [0.5, 0.6) is 0 Å². The van der Waals surface area contributed by atoms with E-state index in [1.165, 1.54) is 18.2 Å². The van der Waals surface area contributed by atoms with Crippen LogP contribution in [0.4, 0.5) is 4.39 Å². The fraction of sp³-hybridized carbons (Fsp3) is 0.273. The molecular formula is C11H10ClFO. The van der Waals surface area contributed by atoms with Crippen molar-refractivity contribution in [3.8, 4) is 12.3 Å². The zero-order chi connectivity index (χ0) is 10.6. The van der Waals surface area contributed by atoms with Crippen LogP contribution in [-0.2, 0) is 0 Å². The second kappa shape index (κ2) is 4.99. The van der Waals surface area contributed by atoms with Crippen molar-refractivity contribution in [1.82, 2.24) is 0 Å². The number of rotatable bonds is 3. The number of hydrogen-bond acceptors (Lipinski definition) is 1. The van der Waals surface area contributed by atoms with Gasteiger partial charge >= 0.3 is 0 Å². The Kier molecular flexibility index (Phi) is 3.94. The van der Waals surface area contributed by atoms with Gasteiger partial charge in [0, 0.05) is 17.0 Å². The maximum Gasteiger partial charge on any atom is 0.123 e. The highest BCUT2D eigenvalue weighted by atomic mass is 35.5. The van der Waals surface area contributed by atoms with Gasteiger partial charge in [-0.2, -0.15) is 0 Å². The highest BCUT2D eigenvalue weighted by molar-refractivity contribution is 6.31. The predicted octanol–water partition coefficient (Wildman–Crippen LogP) is 2.93. The molecule has 0 saturated heterocycles. The monoisotopic (exact) mass is 212 g/mol. The fourth-order valence-corrected chi connectivity index (χ4v) is 1.39. The molecule has 0 heterocycles.